The highest BCUT2D eigenvalue weighted by atomic mass is 16.3. The SMILES string of the molecule is c1cc(-c2ccc3oc4ccccc4c3c2)cc(N(c2ccc3ccccc3c2)c2cccc3oc4c5ccccc5ccc4c23)c1. The van der Waals surface area contributed by atoms with Crippen molar-refractivity contribution in [1.82, 2.24) is 0 Å². The summed E-state index contributed by atoms with van der Waals surface area (Å²) in [6.07, 6.45) is 0. The zero-order chi connectivity index (χ0) is 30.9. The lowest BCUT2D eigenvalue weighted by Crippen LogP contribution is -2.10. The first kappa shape index (κ1) is 26.0. The van der Waals surface area contributed by atoms with Crippen LogP contribution in [-0.4, -0.2) is 0 Å². The second-order valence-corrected chi connectivity index (χ2v) is 12.1. The van der Waals surface area contributed by atoms with Gasteiger partial charge in [-0.3, -0.25) is 0 Å². The van der Waals surface area contributed by atoms with Gasteiger partial charge in [0.15, 0.2) is 0 Å². The molecule has 0 aliphatic heterocycles. The second-order valence-electron chi connectivity index (χ2n) is 12.1. The van der Waals surface area contributed by atoms with Gasteiger partial charge in [-0.2, -0.15) is 0 Å². The fourth-order valence-electron chi connectivity index (χ4n) is 7.19. The summed E-state index contributed by atoms with van der Waals surface area (Å²) in [7, 11) is 0. The van der Waals surface area contributed by atoms with E-state index in [1.165, 1.54) is 16.2 Å². The summed E-state index contributed by atoms with van der Waals surface area (Å²) in [5.41, 5.74) is 9.08. The standard InChI is InChI=1S/C44H27NO2/c1-2-11-30-25-34(22-19-28(30)9-1)45(39-16-8-18-42-43(39)37-23-20-29-10-3-4-14-35(29)44(37)47-42)33-13-7-12-31(26-33)32-21-24-41-38(27-32)36-15-5-6-17-40(36)46-41/h1-27H. The molecule has 0 radical (unpaired) electrons. The van der Waals surface area contributed by atoms with Crippen molar-refractivity contribution in [3.8, 4) is 11.1 Å². The number of para-hydroxylation sites is 1. The van der Waals surface area contributed by atoms with E-state index in [2.05, 4.69) is 157 Å². The average molecular weight is 602 g/mol. The number of nitrogens with zero attached hydrogens (tertiary/aromatic N) is 1. The molecular weight excluding hydrogens is 574 g/mol. The highest BCUT2D eigenvalue weighted by Crippen LogP contribution is 2.45. The van der Waals surface area contributed by atoms with Crippen LogP contribution in [0.5, 0.6) is 0 Å². The van der Waals surface area contributed by atoms with Crippen LogP contribution in [-0.2, 0) is 0 Å². The summed E-state index contributed by atoms with van der Waals surface area (Å²) in [4.78, 5) is 2.37. The van der Waals surface area contributed by atoms with Crippen LogP contribution in [0.4, 0.5) is 17.1 Å². The topological polar surface area (TPSA) is 29.5 Å². The summed E-state index contributed by atoms with van der Waals surface area (Å²) in [5.74, 6) is 0. The third kappa shape index (κ3) is 4.07. The van der Waals surface area contributed by atoms with E-state index in [1.54, 1.807) is 0 Å². The lowest BCUT2D eigenvalue weighted by molar-refractivity contribution is 0.669. The first-order chi connectivity index (χ1) is 23.3. The summed E-state index contributed by atoms with van der Waals surface area (Å²) in [5, 5.41) is 9.14. The summed E-state index contributed by atoms with van der Waals surface area (Å²) < 4.78 is 12.8. The summed E-state index contributed by atoms with van der Waals surface area (Å²) in [6.45, 7) is 0. The van der Waals surface area contributed by atoms with E-state index in [0.29, 0.717) is 0 Å². The van der Waals surface area contributed by atoms with Crippen molar-refractivity contribution >= 4 is 82.5 Å². The number of rotatable bonds is 4. The van der Waals surface area contributed by atoms with Gasteiger partial charge in [0, 0.05) is 32.9 Å². The van der Waals surface area contributed by atoms with Crippen LogP contribution in [0.3, 0.4) is 0 Å². The second kappa shape index (κ2) is 10.1. The average Bonchev–Trinajstić information content (AvgIpc) is 3.71. The van der Waals surface area contributed by atoms with Gasteiger partial charge in [0.05, 0.1) is 11.1 Å². The zero-order valence-electron chi connectivity index (χ0n) is 25.4. The van der Waals surface area contributed by atoms with Crippen LogP contribution in [0.15, 0.2) is 173 Å². The van der Waals surface area contributed by atoms with Gasteiger partial charge in [0.1, 0.15) is 22.3 Å². The molecule has 8 aromatic carbocycles. The Balaban J connectivity index is 1.21. The van der Waals surface area contributed by atoms with Gasteiger partial charge < -0.3 is 13.7 Å². The highest BCUT2D eigenvalue weighted by Gasteiger charge is 2.21. The number of fused-ring (bicyclic) bond motifs is 9. The third-order valence-electron chi connectivity index (χ3n) is 9.41. The summed E-state index contributed by atoms with van der Waals surface area (Å²) >= 11 is 0. The number of hydrogen-bond donors (Lipinski definition) is 0. The molecule has 2 aromatic heterocycles. The minimum atomic E-state index is 0.869. The van der Waals surface area contributed by atoms with E-state index in [1.807, 2.05) is 12.1 Å². The highest BCUT2D eigenvalue weighted by molar-refractivity contribution is 6.19. The third-order valence-corrected chi connectivity index (χ3v) is 9.41. The molecule has 3 heteroatoms. The molecule has 220 valence electrons. The van der Waals surface area contributed by atoms with Crippen molar-refractivity contribution in [3.63, 3.8) is 0 Å². The van der Waals surface area contributed by atoms with E-state index >= 15 is 0 Å². The maximum atomic E-state index is 6.62. The first-order valence-corrected chi connectivity index (χ1v) is 15.9. The quantitative estimate of drug-likeness (QED) is 0.201. The lowest BCUT2D eigenvalue weighted by Gasteiger charge is -2.27. The molecule has 0 aliphatic rings. The van der Waals surface area contributed by atoms with Gasteiger partial charge in [0.25, 0.3) is 0 Å². The molecule has 0 saturated heterocycles. The van der Waals surface area contributed by atoms with E-state index in [9.17, 15) is 0 Å². The Hall–Kier alpha value is -6.32. The maximum absolute atomic E-state index is 6.62. The van der Waals surface area contributed by atoms with E-state index in [4.69, 9.17) is 8.83 Å². The molecule has 0 amide bonds. The Bertz CT molecular complexity index is 2820. The molecule has 0 spiro atoms. The van der Waals surface area contributed by atoms with Crippen LogP contribution in [0.2, 0.25) is 0 Å². The molecule has 10 aromatic rings. The molecule has 0 unspecified atom stereocenters. The fourth-order valence-corrected chi connectivity index (χ4v) is 7.19. The van der Waals surface area contributed by atoms with Crippen molar-refractivity contribution in [1.29, 1.82) is 0 Å². The molecule has 3 nitrogen and oxygen atoms in total. The van der Waals surface area contributed by atoms with Crippen molar-refractivity contribution in [2.24, 2.45) is 0 Å². The van der Waals surface area contributed by atoms with Crippen LogP contribution in [0.1, 0.15) is 0 Å². The van der Waals surface area contributed by atoms with Gasteiger partial charge in [-0.05, 0) is 87.9 Å². The van der Waals surface area contributed by atoms with Crippen molar-refractivity contribution in [2.45, 2.75) is 0 Å². The van der Waals surface area contributed by atoms with Gasteiger partial charge in [0.2, 0.25) is 0 Å². The molecule has 10 rings (SSSR count). The van der Waals surface area contributed by atoms with Crippen molar-refractivity contribution in [3.05, 3.63) is 164 Å². The molecule has 0 bridgehead atoms. The monoisotopic (exact) mass is 601 g/mol. The van der Waals surface area contributed by atoms with E-state index in [-0.39, 0.29) is 0 Å². The zero-order valence-corrected chi connectivity index (χ0v) is 25.4. The number of anilines is 3. The van der Waals surface area contributed by atoms with Gasteiger partial charge >= 0.3 is 0 Å². The van der Waals surface area contributed by atoms with Gasteiger partial charge in [-0.25, -0.2) is 0 Å². The normalized spacial score (nSPS) is 11.8. The predicted molar refractivity (Wildman–Crippen MR) is 196 cm³/mol. The van der Waals surface area contributed by atoms with E-state index in [0.717, 1.165) is 77.5 Å². The van der Waals surface area contributed by atoms with Gasteiger partial charge in [-0.15, -0.1) is 0 Å². The summed E-state index contributed by atoms with van der Waals surface area (Å²) in [6, 6.07) is 58.0. The largest absolute Gasteiger partial charge is 0.456 e. The Morgan fingerprint density at radius 1 is 0.362 bits per heavy atom. The van der Waals surface area contributed by atoms with Crippen LogP contribution < -0.4 is 4.90 Å². The number of benzene rings is 8. The van der Waals surface area contributed by atoms with Gasteiger partial charge in [-0.1, -0.05) is 103 Å². The number of furan rings is 2. The minimum absolute atomic E-state index is 0.869. The predicted octanol–water partition coefficient (Wildman–Crippen LogP) is 12.9. The Morgan fingerprint density at radius 2 is 1.06 bits per heavy atom. The molecule has 0 N–H and O–H groups in total. The lowest BCUT2D eigenvalue weighted by atomic mass is 10.0. The molecule has 0 fully saturated rings. The smallest absolute Gasteiger partial charge is 0.143 e. The fraction of sp³-hybridized carbons (Fsp3) is 0. The minimum Gasteiger partial charge on any atom is -0.456 e. The number of hydrogen-bond acceptors (Lipinski definition) is 3. The molecule has 0 saturated carbocycles. The molecular formula is C44H27NO2. The van der Waals surface area contributed by atoms with Crippen molar-refractivity contribution < 1.29 is 8.83 Å². The van der Waals surface area contributed by atoms with Crippen LogP contribution >= 0.6 is 0 Å². The van der Waals surface area contributed by atoms with Crippen molar-refractivity contribution in [2.75, 3.05) is 4.90 Å². The Kier molecular flexibility index (Phi) is 5.57. The first-order valence-electron chi connectivity index (χ1n) is 15.9. The molecule has 47 heavy (non-hydrogen) atoms. The van der Waals surface area contributed by atoms with Crippen LogP contribution in [0.25, 0.3) is 76.5 Å². The van der Waals surface area contributed by atoms with E-state index < -0.39 is 0 Å². The molecule has 0 aliphatic carbocycles. The molecule has 0 atom stereocenters. The van der Waals surface area contributed by atoms with Crippen LogP contribution in [0, 0.1) is 0 Å². The Labute approximate surface area is 270 Å². The maximum Gasteiger partial charge on any atom is 0.143 e. The molecule has 2 heterocycles. The Morgan fingerprint density at radius 3 is 2.00 bits per heavy atom.